The zero-order valence-corrected chi connectivity index (χ0v) is 21.3. The Balaban J connectivity index is 1.97. The van der Waals surface area contributed by atoms with Gasteiger partial charge in [-0.15, -0.1) is 0 Å². The lowest BCUT2D eigenvalue weighted by Gasteiger charge is -2.24. The van der Waals surface area contributed by atoms with E-state index >= 15 is 0 Å². The van der Waals surface area contributed by atoms with Crippen LogP contribution >= 0.6 is 0 Å². The highest BCUT2D eigenvalue weighted by molar-refractivity contribution is 6.13. The summed E-state index contributed by atoms with van der Waals surface area (Å²) in [5.41, 5.74) is 12.4. The molecule has 0 radical (unpaired) electrons. The van der Waals surface area contributed by atoms with Crippen LogP contribution in [-0.2, 0) is 0 Å². The molecule has 0 unspecified atom stereocenters. The maximum atomic E-state index is 4.27. The molecule has 0 aromatic heterocycles. The van der Waals surface area contributed by atoms with Gasteiger partial charge < -0.3 is 0 Å². The van der Waals surface area contributed by atoms with E-state index < -0.39 is 0 Å². The van der Waals surface area contributed by atoms with Crippen molar-refractivity contribution in [2.75, 3.05) is 0 Å². The van der Waals surface area contributed by atoms with Crippen molar-refractivity contribution in [3.63, 3.8) is 0 Å². The topological polar surface area (TPSA) is 0 Å². The van der Waals surface area contributed by atoms with E-state index in [1.54, 1.807) is 0 Å². The summed E-state index contributed by atoms with van der Waals surface area (Å²) in [6.45, 7) is 19.1. The first-order chi connectivity index (χ1) is 18.1. The lowest BCUT2D eigenvalue weighted by atomic mass is 9.79. The Morgan fingerprint density at radius 2 is 0.892 bits per heavy atom. The fourth-order valence-corrected chi connectivity index (χ4v) is 5.57. The van der Waals surface area contributed by atoms with Crippen LogP contribution in [0.4, 0.5) is 0 Å². The van der Waals surface area contributed by atoms with Gasteiger partial charge >= 0.3 is 0 Å². The monoisotopic (exact) mass is 474 g/mol. The number of benzene rings is 5. The van der Waals surface area contributed by atoms with Crippen LogP contribution in [-0.4, -0.2) is 0 Å². The molecule has 0 bridgehead atoms. The summed E-state index contributed by atoms with van der Waals surface area (Å²) in [6.07, 6.45) is 7.85. The van der Waals surface area contributed by atoms with Crippen molar-refractivity contribution in [1.82, 2.24) is 0 Å². The van der Waals surface area contributed by atoms with E-state index in [1.807, 2.05) is 36.4 Å². The van der Waals surface area contributed by atoms with Crippen LogP contribution in [0.25, 0.3) is 68.5 Å². The molecule has 0 spiro atoms. The third-order valence-corrected chi connectivity index (χ3v) is 7.11. The molecule has 0 aliphatic heterocycles. The Labute approximate surface area is 220 Å². The molecule has 0 saturated carbocycles. The smallest absolute Gasteiger partial charge is 0.00177 e. The number of hydrogen-bond donors (Lipinski definition) is 0. The molecule has 0 nitrogen and oxygen atoms in total. The molecule has 0 aliphatic rings. The SMILES string of the molecule is C=Cc1c(-c2ccccc2)cc(C)c(-c2c(C=C)c(C=C)c(-c3ccccc3)c3ccccc23)c1C=C. The highest BCUT2D eigenvalue weighted by Gasteiger charge is 2.23. The number of aryl methyl sites for hydroxylation is 1. The standard InChI is InChI=1S/C37H30/c1-6-28-29(7-2)35(25(5)24-34(28)26-18-12-10-13-19-26)37-31(9-4)30(8-3)36(27-20-14-11-15-21-27)32-22-16-17-23-33(32)37/h6-24H,1-4H2,5H3. The van der Waals surface area contributed by atoms with Gasteiger partial charge in [0.1, 0.15) is 0 Å². The van der Waals surface area contributed by atoms with Gasteiger partial charge in [0.25, 0.3) is 0 Å². The first-order valence-corrected chi connectivity index (χ1v) is 12.5. The zero-order chi connectivity index (χ0) is 25.9. The van der Waals surface area contributed by atoms with Crippen LogP contribution in [0, 0.1) is 6.92 Å². The first-order valence-electron chi connectivity index (χ1n) is 12.5. The predicted molar refractivity (Wildman–Crippen MR) is 165 cm³/mol. The number of rotatable bonds is 7. The summed E-state index contributed by atoms with van der Waals surface area (Å²) in [5, 5.41) is 2.36. The lowest BCUT2D eigenvalue weighted by Crippen LogP contribution is -2.01. The van der Waals surface area contributed by atoms with Crippen LogP contribution in [0.1, 0.15) is 27.8 Å². The first kappa shape index (κ1) is 24.0. The summed E-state index contributed by atoms with van der Waals surface area (Å²) < 4.78 is 0. The predicted octanol–water partition coefficient (Wildman–Crippen LogP) is 10.7. The minimum absolute atomic E-state index is 1.07. The normalized spacial score (nSPS) is 10.7. The van der Waals surface area contributed by atoms with Crippen LogP contribution in [0.3, 0.4) is 0 Å². The van der Waals surface area contributed by atoms with Crippen molar-refractivity contribution in [3.05, 3.63) is 145 Å². The highest BCUT2D eigenvalue weighted by Crippen LogP contribution is 2.47. The fourth-order valence-electron chi connectivity index (χ4n) is 5.57. The molecule has 0 heteroatoms. The largest absolute Gasteiger partial charge is 0.0984 e. The van der Waals surface area contributed by atoms with E-state index in [-0.39, 0.29) is 0 Å². The second kappa shape index (κ2) is 10.1. The molecule has 0 amide bonds. The fraction of sp³-hybridized carbons (Fsp3) is 0.0270. The summed E-state index contributed by atoms with van der Waals surface area (Å²) in [6, 6.07) is 31.9. The van der Waals surface area contributed by atoms with E-state index in [4.69, 9.17) is 0 Å². The lowest BCUT2D eigenvalue weighted by molar-refractivity contribution is 1.43. The van der Waals surface area contributed by atoms with Gasteiger partial charge in [-0.2, -0.15) is 0 Å². The van der Waals surface area contributed by atoms with E-state index in [1.165, 1.54) is 21.9 Å². The number of fused-ring (bicyclic) bond motifs is 1. The van der Waals surface area contributed by atoms with E-state index in [0.29, 0.717) is 0 Å². The molecule has 5 aromatic carbocycles. The maximum Gasteiger partial charge on any atom is -0.00177 e. The molecule has 0 atom stereocenters. The van der Waals surface area contributed by atoms with Gasteiger partial charge in [-0.25, -0.2) is 0 Å². The summed E-state index contributed by atoms with van der Waals surface area (Å²) in [7, 11) is 0. The molecule has 0 saturated heterocycles. The van der Waals surface area contributed by atoms with Crippen LogP contribution in [0.2, 0.25) is 0 Å². The maximum absolute atomic E-state index is 4.27. The molecule has 0 heterocycles. The Kier molecular flexibility index (Phi) is 6.58. The summed E-state index contributed by atoms with van der Waals surface area (Å²) in [4.78, 5) is 0. The molecule has 0 fully saturated rings. The Morgan fingerprint density at radius 3 is 1.43 bits per heavy atom. The summed E-state index contributed by atoms with van der Waals surface area (Å²) >= 11 is 0. The van der Waals surface area contributed by atoms with Gasteiger partial charge in [-0.05, 0) is 78.9 Å². The van der Waals surface area contributed by atoms with Crippen LogP contribution in [0.15, 0.2) is 117 Å². The van der Waals surface area contributed by atoms with Gasteiger partial charge in [0.05, 0.1) is 0 Å². The van der Waals surface area contributed by atoms with E-state index in [0.717, 1.165) is 50.1 Å². The van der Waals surface area contributed by atoms with E-state index in [9.17, 15) is 0 Å². The highest BCUT2D eigenvalue weighted by atomic mass is 14.3. The Bertz CT molecular complexity index is 1670. The minimum atomic E-state index is 1.07. The molecule has 0 N–H and O–H groups in total. The van der Waals surface area contributed by atoms with Gasteiger partial charge in [0.15, 0.2) is 0 Å². The number of hydrogen-bond acceptors (Lipinski definition) is 0. The average Bonchev–Trinajstić information content (AvgIpc) is 2.96. The quantitative estimate of drug-likeness (QED) is 0.220. The third kappa shape index (κ3) is 3.97. The van der Waals surface area contributed by atoms with Crippen molar-refractivity contribution in [2.45, 2.75) is 6.92 Å². The molecule has 37 heavy (non-hydrogen) atoms. The van der Waals surface area contributed by atoms with Crippen LogP contribution in [0.5, 0.6) is 0 Å². The zero-order valence-electron chi connectivity index (χ0n) is 21.3. The second-order valence-corrected chi connectivity index (χ2v) is 9.11. The molecule has 5 aromatic rings. The van der Waals surface area contributed by atoms with Gasteiger partial charge in [0, 0.05) is 0 Å². The third-order valence-electron chi connectivity index (χ3n) is 7.11. The molecular weight excluding hydrogens is 444 g/mol. The summed E-state index contributed by atoms with van der Waals surface area (Å²) in [5.74, 6) is 0. The van der Waals surface area contributed by atoms with Crippen molar-refractivity contribution in [3.8, 4) is 33.4 Å². The Morgan fingerprint density at radius 1 is 0.459 bits per heavy atom. The van der Waals surface area contributed by atoms with Gasteiger partial charge in [0.2, 0.25) is 0 Å². The minimum Gasteiger partial charge on any atom is -0.0984 e. The van der Waals surface area contributed by atoms with Crippen molar-refractivity contribution in [1.29, 1.82) is 0 Å². The van der Waals surface area contributed by atoms with Crippen molar-refractivity contribution >= 4 is 35.1 Å². The molecule has 5 rings (SSSR count). The van der Waals surface area contributed by atoms with Crippen molar-refractivity contribution in [2.24, 2.45) is 0 Å². The second-order valence-electron chi connectivity index (χ2n) is 9.11. The van der Waals surface area contributed by atoms with E-state index in [2.05, 4.69) is 112 Å². The van der Waals surface area contributed by atoms with Crippen molar-refractivity contribution < 1.29 is 0 Å². The Hall–Kier alpha value is -4.68. The molecular formula is C37H30. The molecule has 0 aliphatic carbocycles. The van der Waals surface area contributed by atoms with Crippen LogP contribution < -0.4 is 0 Å². The van der Waals surface area contributed by atoms with Gasteiger partial charge in [-0.1, -0.05) is 142 Å². The molecule has 178 valence electrons. The average molecular weight is 475 g/mol. The van der Waals surface area contributed by atoms with Gasteiger partial charge in [-0.3, -0.25) is 0 Å².